The average molecular weight is 414 g/mol. The Morgan fingerprint density at radius 2 is 1.83 bits per heavy atom. The number of ketones is 1. The van der Waals surface area contributed by atoms with Crippen LogP contribution in [-0.2, 0) is 14.3 Å². The summed E-state index contributed by atoms with van der Waals surface area (Å²) in [4.78, 5) is 29.3. The summed E-state index contributed by atoms with van der Waals surface area (Å²) in [7, 11) is 0. The Morgan fingerprint density at radius 3 is 2.50 bits per heavy atom. The summed E-state index contributed by atoms with van der Waals surface area (Å²) in [5.74, 6) is -1.86. The molecule has 2 saturated heterocycles. The molecule has 1 amide bonds. The van der Waals surface area contributed by atoms with Gasteiger partial charge >= 0.3 is 0 Å². The van der Waals surface area contributed by atoms with Crippen LogP contribution in [-0.4, -0.2) is 66.0 Å². The van der Waals surface area contributed by atoms with Gasteiger partial charge in [0.15, 0.2) is 0 Å². The molecule has 8 heteroatoms. The van der Waals surface area contributed by atoms with E-state index in [1.165, 1.54) is 35.4 Å². The second kappa shape index (κ2) is 8.81. The Balaban J connectivity index is 1.61. The number of morpholine rings is 1. The fraction of sp³-hybridized carbons (Fsp3) is 0.364. The summed E-state index contributed by atoms with van der Waals surface area (Å²) in [6.45, 7) is 4.17. The fourth-order valence-corrected chi connectivity index (χ4v) is 3.91. The minimum absolute atomic E-state index is 0.0482. The molecule has 158 valence electrons. The molecule has 0 spiro atoms. The molecule has 1 aromatic carbocycles. The maximum atomic E-state index is 13.3. The number of amides is 1. The molecule has 30 heavy (non-hydrogen) atoms. The van der Waals surface area contributed by atoms with Crippen LogP contribution in [0.3, 0.4) is 0 Å². The van der Waals surface area contributed by atoms with Crippen LogP contribution < -0.4 is 0 Å². The first-order valence-electron chi connectivity index (χ1n) is 9.94. The molecule has 0 radical (unpaired) electrons. The minimum atomic E-state index is -0.824. The number of halogens is 1. The number of rotatable bonds is 6. The van der Waals surface area contributed by atoms with Crippen LogP contribution in [0.15, 0.2) is 52.7 Å². The highest BCUT2D eigenvalue weighted by Gasteiger charge is 2.47. The number of carbonyl (C=O) groups is 2. The zero-order valence-corrected chi connectivity index (χ0v) is 16.4. The molecule has 3 heterocycles. The largest absolute Gasteiger partial charge is 0.507 e. The van der Waals surface area contributed by atoms with Crippen molar-refractivity contribution in [3.63, 3.8) is 0 Å². The van der Waals surface area contributed by atoms with E-state index in [4.69, 9.17) is 9.15 Å². The third kappa shape index (κ3) is 4.01. The Bertz CT molecular complexity index is 933. The number of nitrogens with zero attached hydrogens (tertiary/aromatic N) is 2. The number of Topliss-reactive ketones (excluding diaryl/α,β-unsaturated/α-hetero) is 1. The first-order valence-corrected chi connectivity index (χ1v) is 9.94. The van der Waals surface area contributed by atoms with Gasteiger partial charge in [0.2, 0.25) is 0 Å². The SMILES string of the molecule is O=C1C(=O)N(CCCN2CCOCC2)C(c2ccco2)/C1=C(/O)c1ccc(F)cc1. The van der Waals surface area contributed by atoms with Crippen molar-refractivity contribution >= 4 is 17.4 Å². The first-order chi connectivity index (χ1) is 14.6. The van der Waals surface area contributed by atoms with Crippen molar-refractivity contribution < 1.29 is 28.2 Å². The molecule has 2 fully saturated rings. The van der Waals surface area contributed by atoms with Crippen LogP contribution in [0.25, 0.3) is 5.76 Å². The Kier molecular flexibility index (Phi) is 5.96. The van der Waals surface area contributed by atoms with Crippen molar-refractivity contribution in [2.75, 3.05) is 39.4 Å². The van der Waals surface area contributed by atoms with Crippen LogP contribution in [0.4, 0.5) is 4.39 Å². The van der Waals surface area contributed by atoms with Crippen molar-refractivity contribution in [3.05, 3.63) is 65.4 Å². The number of benzene rings is 1. The topological polar surface area (TPSA) is 83.2 Å². The molecule has 4 rings (SSSR count). The zero-order chi connectivity index (χ0) is 21.1. The van der Waals surface area contributed by atoms with Crippen molar-refractivity contribution in [2.24, 2.45) is 0 Å². The van der Waals surface area contributed by atoms with Gasteiger partial charge in [-0.2, -0.15) is 0 Å². The maximum Gasteiger partial charge on any atom is 0.295 e. The smallest absolute Gasteiger partial charge is 0.295 e. The molecule has 0 aliphatic carbocycles. The number of aliphatic hydroxyl groups is 1. The van der Waals surface area contributed by atoms with Crippen LogP contribution >= 0.6 is 0 Å². The van der Waals surface area contributed by atoms with Crippen LogP contribution in [0.2, 0.25) is 0 Å². The minimum Gasteiger partial charge on any atom is -0.507 e. The van der Waals surface area contributed by atoms with Crippen molar-refractivity contribution in [1.82, 2.24) is 9.80 Å². The van der Waals surface area contributed by atoms with Crippen LogP contribution in [0.5, 0.6) is 0 Å². The number of ether oxygens (including phenoxy) is 1. The molecular weight excluding hydrogens is 391 g/mol. The van der Waals surface area contributed by atoms with Crippen molar-refractivity contribution in [2.45, 2.75) is 12.5 Å². The highest BCUT2D eigenvalue weighted by molar-refractivity contribution is 6.46. The van der Waals surface area contributed by atoms with E-state index >= 15 is 0 Å². The number of aliphatic hydroxyl groups excluding tert-OH is 1. The second-order valence-electron chi connectivity index (χ2n) is 7.32. The molecule has 0 bridgehead atoms. The van der Waals surface area contributed by atoms with E-state index in [2.05, 4.69) is 4.90 Å². The van der Waals surface area contributed by atoms with E-state index in [0.29, 0.717) is 31.9 Å². The maximum absolute atomic E-state index is 13.3. The van der Waals surface area contributed by atoms with E-state index in [0.717, 1.165) is 19.6 Å². The second-order valence-corrected chi connectivity index (χ2v) is 7.32. The lowest BCUT2D eigenvalue weighted by molar-refractivity contribution is -0.140. The van der Waals surface area contributed by atoms with Gasteiger partial charge in [0.1, 0.15) is 23.4 Å². The van der Waals surface area contributed by atoms with Crippen molar-refractivity contribution in [3.8, 4) is 0 Å². The molecule has 1 N–H and O–H groups in total. The zero-order valence-electron chi connectivity index (χ0n) is 16.4. The predicted octanol–water partition coefficient (Wildman–Crippen LogP) is 2.56. The predicted molar refractivity (Wildman–Crippen MR) is 106 cm³/mol. The summed E-state index contributed by atoms with van der Waals surface area (Å²) < 4.78 is 24.1. The van der Waals surface area contributed by atoms with Crippen LogP contribution in [0.1, 0.15) is 23.8 Å². The van der Waals surface area contributed by atoms with Gasteiger partial charge in [-0.1, -0.05) is 0 Å². The van der Waals surface area contributed by atoms with Gasteiger partial charge in [0, 0.05) is 31.7 Å². The number of carbonyl (C=O) groups excluding carboxylic acids is 2. The molecule has 1 aromatic heterocycles. The monoisotopic (exact) mass is 414 g/mol. The molecule has 1 atom stereocenters. The molecule has 2 aromatic rings. The summed E-state index contributed by atoms with van der Waals surface area (Å²) in [5, 5.41) is 10.8. The summed E-state index contributed by atoms with van der Waals surface area (Å²) in [6.07, 6.45) is 2.13. The molecule has 2 aliphatic rings. The lowest BCUT2D eigenvalue weighted by Crippen LogP contribution is -2.38. The highest BCUT2D eigenvalue weighted by atomic mass is 19.1. The molecule has 1 unspecified atom stereocenters. The van der Waals surface area contributed by atoms with E-state index in [9.17, 15) is 19.1 Å². The van der Waals surface area contributed by atoms with E-state index in [1.807, 2.05) is 0 Å². The summed E-state index contributed by atoms with van der Waals surface area (Å²) >= 11 is 0. The van der Waals surface area contributed by atoms with Crippen molar-refractivity contribution in [1.29, 1.82) is 0 Å². The standard InChI is InChI=1S/C22H23FN2O5/c23-16-6-4-15(5-7-16)20(26)18-19(17-3-1-12-30-17)25(22(28)21(18)27)9-2-8-24-10-13-29-14-11-24/h1,3-7,12,19,26H,2,8-11,13-14H2/b20-18-. The Morgan fingerprint density at radius 1 is 1.10 bits per heavy atom. The number of furan rings is 1. The number of hydrogen-bond acceptors (Lipinski definition) is 6. The lowest BCUT2D eigenvalue weighted by Gasteiger charge is -2.28. The lowest BCUT2D eigenvalue weighted by atomic mass is 9.99. The summed E-state index contributed by atoms with van der Waals surface area (Å²) in [5.41, 5.74) is 0.215. The van der Waals surface area contributed by atoms with Gasteiger partial charge in [-0.05, 0) is 42.8 Å². The fourth-order valence-electron chi connectivity index (χ4n) is 3.91. The highest BCUT2D eigenvalue weighted by Crippen LogP contribution is 2.39. The Hall–Kier alpha value is -2.97. The van der Waals surface area contributed by atoms with Gasteiger partial charge in [0.25, 0.3) is 11.7 Å². The van der Waals surface area contributed by atoms with E-state index in [-0.39, 0.29) is 16.9 Å². The summed E-state index contributed by atoms with van der Waals surface area (Å²) in [6, 6.07) is 7.63. The van der Waals surface area contributed by atoms with Crippen LogP contribution in [0, 0.1) is 5.82 Å². The first kappa shape index (κ1) is 20.3. The van der Waals surface area contributed by atoms with Gasteiger partial charge in [-0.15, -0.1) is 0 Å². The van der Waals surface area contributed by atoms with E-state index in [1.54, 1.807) is 12.1 Å². The Labute approximate surface area is 173 Å². The molecule has 2 aliphatic heterocycles. The molecule has 7 nitrogen and oxygen atoms in total. The molecular formula is C22H23FN2O5. The molecule has 0 saturated carbocycles. The quantitative estimate of drug-likeness (QED) is 0.444. The number of hydrogen-bond donors (Lipinski definition) is 1. The van der Waals surface area contributed by atoms with Gasteiger partial charge < -0.3 is 19.2 Å². The van der Waals surface area contributed by atoms with Gasteiger partial charge in [0.05, 0.1) is 25.1 Å². The third-order valence-corrected chi connectivity index (χ3v) is 5.45. The average Bonchev–Trinajstić information content (AvgIpc) is 3.37. The van der Waals surface area contributed by atoms with Gasteiger partial charge in [-0.3, -0.25) is 14.5 Å². The normalized spacial score (nSPS) is 22.0. The number of likely N-dealkylation sites (tertiary alicyclic amines) is 1. The van der Waals surface area contributed by atoms with Gasteiger partial charge in [-0.25, -0.2) is 4.39 Å². The third-order valence-electron chi connectivity index (χ3n) is 5.45. The van der Waals surface area contributed by atoms with E-state index < -0.39 is 23.5 Å².